The van der Waals surface area contributed by atoms with Crippen LogP contribution in [0.1, 0.15) is 68.6 Å². The number of amides is 1. The van der Waals surface area contributed by atoms with E-state index in [9.17, 15) is 4.79 Å². The van der Waals surface area contributed by atoms with Gasteiger partial charge in [-0.25, -0.2) is 4.68 Å². The van der Waals surface area contributed by atoms with Gasteiger partial charge in [0.1, 0.15) is 5.56 Å². The van der Waals surface area contributed by atoms with Crippen molar-refractivity contribution in [3.8, 4) is 5.88 Å². The zero-order chi connectivity index (χ0) is 21.2. The maximum atomic E-state index is 13.3. The predicted octanol–water partition coefficient (Wildman–Crippen LogP) is 3.41. The van der Waals surface area contributed by atoms with Gasteiger partial charge in [0.05, 0.1) is 19.3 Å². The van der Waals surface area contributed by atoms with Crippen LogP contribution in [0.3, 0.4) is 0 Å². The summed E-state index contributed by atoms with van der Waals surface area (Å²) in [4.78, 5) is 13.3. The molecule has 188 valence electrons. The Balaban J connectivity index is 0.00000153. The first kappa shape index (κ1) is 26.6. The molecule has 4 bridgehead atoms. The van der Waals surface area contributed by atoms with Gasteiger partial charge >= 0.3 is 0 Å². The normalized spacial score (nSPS) is 30.4. The molecule has 0 radical (unpaired) electrons. The number of hydrogen-bond acceptors (Lipinski definition) is 5. The van der Waals surface area contributed by atoms with Crippen LogP contribution < -0.4 is 20.7 Å². The average molecular weight is 503 g/mol. The fraction of sp³-hybridized carbons (Fsp3) is 0.833. The zero-order valence-corrected chi connectivity index (χ0v) is 21.4. The molecule has 33 heavy (non-hydrogen) atoms. The van der Waals surface area contributed by atoms with Crippen LogP contribution in [0.15, 0.2) is 6.20 Å². The maximum Gasteiger partial charge on any atom is 0.258 e. The number of nitrogens with zero attached hydrogens (tertiary/aromatic N) is 2. The molecule has 1 saturated heterocycles. The first-order valence-corrected chi connectivity index (χ1v) is 12.6. The molecular formula is C24H41Cl2N5O2. The Morgan fingerprint density at radius 2 is 1.79 bits per heavy atom. The molecular weight excluding hydrogens is 461 g/mol. The molecule has 0 spiro atoms. The quantitative estimate of drug-likeness (QED) is 0.482. The Kier molecular flexibility index (Phi) is 9.74. The van der Waals surface area contributed by atoms with Crippen molar-refractivity contribution < 1.29 is 9.53 Å². The number of ether oxygens (including phenoxy) is 1. The highest BCUT2D eigenvalue weighted by atomic mass is 35.5. The third kappa shape index (κ3) is 5.98. The number of carbonyl (C=O) groups excluding carboxylic acids is 1. The zero-order valence-electron chi connectivity index (χ0n) is 19.8. The lowest BCUT2D eigenvalue weighted by Gasteiger charge is -2.54. The van der Waals surface area contributed by atoms with Crippen molar-refractivity contribution in [3.63, 3.8) is 0 Å². The summed E-state index contributed by atoms with van der Waals surface area (Å²) in [5.74, 6) is 3.80. The first-order valence-electron chi connectivity index (χ1n) is 12.6. The van der Waals surface area contributed by atoms with Crippen molar-refractivity contribution in [2.45, 2.75) is 76.9 Å². The molecule has 5 aliphatic rings. The Hall–Kier alpha value is -1.02. The summed E-state index contributed by atoms with van der Waals surface area (Å²) in [5.41, 5.74) is 0.601. The highest BCUT2D eigenvalue weighted by Crippen LogP contribution is 2.53. The standard InChI is InChI=1S/C24H39N5O2.2ClH/c1-2-9-31-24-21(15-27-29(24)8-7-26-20-3-5-25-6-4-20)23(30)28-22-18-11-16-10-17(13-18)14-19(22)12-16;;/h15-20,22,25-26H,2-14H2,1H3,(H,28,30);2*1H. The third-order valence-corrected chi connectivity index (χ3v) is 8.10. The van der Waals surface area contributed by atoms with E-state index in [4.69, 9.17) is 4.74 Å². The average Bonchev–Trinajstić information content (AvgIpc) is 3.17. The minimum absolute atomic E-state index is 0. The van der Waals surface area contributed by atoms with Crippen molar-refractivity contribution in [3.05, 3.63) is 11.8 Å². The number of piperidine rings is 1. The fourth-order valence-electron chi connectivity index (χ4n) is 6.83. The van der Waals surface area contributed by atoms with Crippen molar-refractivity contribution in [1.82, 2.24) is 25.7 Å². The number of carbonyl (C=O) groups is 1. The van der Waals surface area contributed by atoms with Crippen LogP contribution in [0.25, 0.3) is 0 Å². The molecule has 1 aliphatic heterocycles. The van der Waals surface area contributed by atoms with Gasteiger partial charge in [-0.3, -0.25) is 4.79 Å². The lowest BCUT2D eigenvalue weighted by Crippen LogP contribution is -2.55. The van der Waals surface area contributed by atoms with Gasteiger partial charge in [0, 0.05) is 18.6 Å². The van der Waals surface area contributed by atoms with E-state index in [1.54, 1.807) is 6.20 Å². The van der Waals surface area contributed by atoms with Crippen LogP contribution in [0, 0.1) is 23.7 Å². The third-order valence-electron chi connectivity index (χ3n) is 8.10. The van der Waals surface area contributed by atoms with Crippen molar-refractivity contribution in [2.75, 3.05) is 26.2 Å². The van der Waals surface area contributed by atoms with Gasteiger partial charge in [-0.2, -0.15) is 5.10 Å². The summed E-state index contributed by atoms with van der Waals surface area (Å²) in [5, 5.41) is 15.0. The Labute approximate surface area is 210 Å². The highest BCUT2D eigenvalue weighted by molar-refractivity contribution is 5.96. The van der Waals surface area contributed by atoms with E-state index in [1.807, 2.05) is 4.68 Å². The molecule has 0 unspecified atom stereocenters. The number of aromatic nitrogens is 2. The molecule has 0 aromatic carbocycles. The van der Waals surface area contributed by atoms with Crippen LogP contribution in [-0.2, 0) is 6.54 Å². The topological polar surface area (TPSA) is 80.2 Å². The molecule has 1 aromatic rings. The van der Waals surface area contributed by atoms with Crippen molar-refractivity contribution >= 4 is 30.7 Å². The SMILES string of the molecule is CCCOc1c(C(=O)NC2C3CC4CC(C3)CC2C4)cnn1CCNC1CCNCC1.Cl.Cl. The lowest BCUT2D eigenvalue weighted by molar-refractivity contribution is -0.0120. The molecule has 4 aliphatic carbocycles. The van der Waals surface area contributed by atoms with Gasteiger partial charge < -0.3 is 20.7 Å². The van der Waals surface area contributed by atoms with E-state index in [-0.39, 0.29) is 30.7 Å². The highest BCUT2D eigenvalue weighted by Gasteiger charge is 2.48. The Morgan fingerprint density at radius 1 is 1.12 bits per heavy atom. The Bertz CT molecular complexity index is 740. The summed E-state index contributed by atoms with van der Waals surface area (Å²) >= 11 is 0. The molecule has 1 amide bonds. The predicted molar refractivity (Wildman–Crippen MR) is 135 cm³/mol. The van der Waals surface area contributed by atoms with Gasteiger partial charge in [-0.05, 0) is 88.1 Å². The summed E-state index contributed by atoms with van der Waals surface area (Å²) in [6.07, 6.45) is 11.6. The van der Waals surface area contributed by atoms with Gasteiger partial charge in [-0.1, -0.05) is 6.92 Å². The number of nitrogens with one attached hydrogen (secondary N) is 3. The van der Waals surface area contributed by atoms with Crippen LogP contribution in [0.5, 0.6) is 5.88 Å². The van der Waals surface area contributed by atoms with Gasteiger partial charge in [0.15, 0.2) is 0 Å². The Morgan fingerprint density at radius 3 is 2.42 bits per heavy atom. The maximum absolute atomic E-state index is 13.3. The first-order chi connectivity index (χ1) is 15.2. The van der Waals surface area contributed by atoms with E-state index < -0.39 is 0 Å². The van der Waals surface area contributed by atoms with Crippen molar-refractivity contribution in [2.24, 2.45) is 23.7 Å². The van der Waals surface area contributed by atoms with E-state index >= 15 is 0 Å². The largest absolute Gasteiger partial charge is 0.477 e. The smallest absolute Gasteiger partial charge is 0.258 e. The number of halogens is 2. The molecule has 4 saturated carbocycles. The van der Waals surface area contributed by atoms with E-state index in [0.717, 1.165) is 50.7 Å². The fourth-order valence-corrected chi connectivity index (χ4v) is 6.83. The summed E-state index contributed by atoms with van der Waals surface area (Å²) in [6, 6.07) is 0.903. The van der Waals surface area contributed by atoms with Crippen LogP contribution in [-0.4, -0.2) is 54.0 Å². The van der Waals surface area contributed by atoms with Gasteiger partial charge in [0.25, 0.3) is 5.91 Å². The lowest BCUT2D eigenvalue weighted by atomic mass is 9.54. The molecule has 3 N–H and O–H groups in total. The van der Waals surface area contributed by atoms with Gasteiger partial charge in [0.2, 0.25) is 5.88 Å². The summed E-state index contributed by atoms with van der Waals surface area (Å²) in [6.45, 7) is 6.41. The molecule has 6 rings (SSSR count). The summed E-state index contributed by atoms with van der Waals surface area (Å²) in [7, 11) is 0. The van der Waals surface area contributed by atoms with Gasteiger partial charge in [-0.15, -0.1) is 24.8 Å². The van der Waals surface area contributed by atoms with E-state index in [1.165, 1.54) is 32.1 Å². The molecule has 7 nitrogen and oxygen atoms in total. The minimum Gasteiger partial charge on any atom is -0.477 e. The van der Waals surface area contributed by atoms with E-state index in [2.05, 4.69) is 28.0 Å². The van der Waals surface area contributed by atoms with Crippen molar-refractivity contribution in [1.29, 1.82) is 0 Å². The summed E-state index contributed by atoms with van der Waals surface area (Å²) < 4.78 is 7.90. The molecule has 1 aromatic heterocycles. The number of hydrogen-bond donors (Lipinski definition) is 3. The minimum atomic E-state index is 0. The molecule has 0 atom stereocenters. The second-order valence-corrected chi connectivity index (χ2v) is 10.3. The number of rotatable bonds is 9. The second-order valence-electron chi connectivity index (χ2n) is 10.3. The van der Waals surface area contributed by atoms with E-state index in [0.29, 0.717) is 48.5 Å². The second kappa shape index (κ2) is 12.1. The molecule has 9 heteroatoms. The van der Waals surface area contributed by atoms with Crippen LogP contribution in [0.2, 0.25) is 0 Å². The molecule has 2 heterocycles. The van der Waals surface area contributed by atoms with Crippen LogP contribution in [0.4, 0.5) is 0 Å². The van der Waals surface area contributed by atoms with Crippen LogP contribution >= 0.6 is 24.8 Å². The molecule has 5 fully saturated rings. The monoisotopic (exact) mass is 501 g/mol.